The van der Waals surface area contributed by atoms with Crippen LogP contribution in [0, 0.1) is 5.92 Å². The molecule has 0 radical (unpaired) electrons. The van der Waals surface area contributed by atoms with Crippen molar-refractivity contribution >= 4 is 0 Å². The fourth-order valence-electron chi connectivity index (χ4n) is 2.57. The highest BCUT2D eigenvalue weighted by Gasteiger charge is 2.24. The summed E-state index contributed by atoms with van der Waals surface area (Å²) in [6.45, 7) is 6.91. The summed E-state index contributed by atoms with van der Waals surface area (Å²) in [6, 6.07) is 9.23. The number of ether oxygens (including phenoxy) is 1. The highest BCUT2D eigenvalue weighted by atomic mass is 16.5. The molecule has 1 aromatic rings. The lowest BCUT2D eigenvalue weighted by Crippen LogP contribution is -2.36. The fourth-order valence-corrected chi connectivity index (χ4v) is 2.57. The Morgan fingerprint density at radius 3 is 2.84 bits per heavy atom. The number of hydrogen-bond donors (Lipinski definition) is 1. The molecule has 2 unspecified atom stereocenters. The summed E-state index contributed by atoms with van der Waals surface area (Å²) < 4.78 is 5.71. The normalized spacial score (nSPS) is 20.6. The Hall–Kier alpha value is -0.900. The lowest BCUT2D eigenvalue weighted by molar-refractivity contribution is 0.0408. The zero-order chi connectivity index (χ0) is 13.8. The average Bonchev–Trinajstić information content (AvgIpc) is 2.43. The molecule has 3 heteroatoms. The van der Waals surface area contributed by atoms with Gasteiger partial charge < -0.3 is 10.5 Å². The second kappa shape index (κ2) is 6.51. The lowest BCUT2D eigenvalue weighted by atomic mass is 9.97. The van der Waals surface area contributed by atoms with Crippen LogP contribution in [0.4, 0.5) is 0 Å². The van der Waals surface area contributed by atoms with Crippen molar-refractivity contribution < 1.29 is 4.74 Å². The molecular weight excluding hydrogens is 236 g/mol. The van der Waals surface area contributed by atoms with Gasteiger partial charge in [0.25, 0.3) is 0 Å². The summed E-state index contributed by atoms with van der Waals surface area (Å²) >= 11 is 0. The molecule has 0 spiro atoms. The van der Waals surface area contributed by atoms with Gasteiger partial charge in [-0.15, -0.1) is 0 Å². The molecule has 2 N–H and O–H groups in total. The predicted octanol–water partition coefficient (Wildman–Crippen LogP) is 2.56. The van der Waals surface area contributed by atoms with Gasteiger partial charge in [0.05, 0.1) is 19.3 Å². The van der Waals surface area contributed by atoms with E-state index in [1.165, 1.54) is 11.1 Å². The molecule has 106 valence electrons. The molecule has 19 heavy (non-hydrogen) atoms. The molecule has 1 aromatic carbocycles. The van der Waals surface area contributed by atoms with Crippen LogP contribution >= 0.6 is 0 Å². The van der Waals surface area contributed by atoms with Crippen LogP contribution in [0.25, 0.3) is 0 Å². The van der Waals surface area contributed by atoms with Crippen molar-refractivity contribution in [1.82, 2.24) is 4.90 Å². The third kappa shape index (κ3) is 3.56. The smallest absolute Gasteiger partial charge is 0.0721 e. The van der Waals surface area contributed by atoms with Gasteiger partial charge in [0, 0.05) is 12.6 Å². The number of benzene rings is 1. The van der Waals surface area contributed by atoms with Crippen LogP contribution in [0.1, 0.15) is 37.4 Å². The Balaban J connectivity index is 1.99. The lowest BCUT2D eigenvalue weighted by Gasteiger charge is -2.34. The minimum atomic E-state index is 0.280. The molecule has 0 bridgehead atoms. The van der Waals surface area contributed by atoms with E-state index in [0.29, 0.717) is 12.0 Å². The molecule has 1 aliphatic rings. The van der Waals surface area contributed by atoms with E-state index in [4.69, 9.17) is 10.5 Å². The highest BCUT2D eigenvalue weighted by molar-refractivity contribution is 5.31. The summed E-state index contributed by atoms with van der Waals surface area (Å²) in [4.78, 5) is 2.38. The van der Waals surface area contributed by atoms with Crippen molar-refractivity contribution in [2.45, 2.75) is 39.0 Å². The van der Waals surface area contributed by atoms with Crippen molar-refractivity contribution in [2.24, 2.45) is 11.7 Å². The summed E-state index contributed by atoms with van der Waals surface area (Å²) in [5, 5.41) is 0. The van der Waals surface area contributed by atoms with E-state index in [2.05, 4.69) is 50.1 Å². The highest BCUT2D eigenvalue weighted by Crippen LogP contribution is 2.28. The van der Waals surface area contributed by atoms with Crippen molar-refractivity contribution in [1.29, 1.82) is 0 Å². The van der Waals surface area contributed by atoms with Gasteiger partial charge in [-0.05, 0) is 30.5 Å². The maximum atomic E-state index is 6.13. The van der Waals surface area contributed by atoms with Crippen LogP contribution in [0.3, 0.4) is 0 Å². The number of nitrogens with two attached hydrogens (primary N) is 1. The Kier molecular flexibility index (Phi) is 4.97. The topological polar surface area (TPSA) is 38.5 Å². The fraction of sp³-hybridized carbons (Fsp3) is 0.625. The largest absolute Gasteiger partial charge is 0.375 e. The van der Waals surface area contributed by atoms with E-state index in [1.807, 2.05) is 0 Å². The standard InChI is InChI=1S/C16H26N2O/c1-12(2)15(17)8-9-18(3)16-11-19-10-13-6-4-5-7-14(13)16/h4-7,12,15-16H,8-11,17H2,1-3H3. The van der Waals surface area contributed by atoms with Gasteiger partial charge in [-0.2, -0.15) is 0 Å². The Bertz CT molecular complexity index is 405. The molecule has 0 amide bonds. The van der Waals surface area contributed by atoms with Crippen LogP contribution in [0.15, 0.2) is 24.3 Å². The van der Waals surface area contributed by atoms with Crippen LogP contribution in [0.2, 0.25) is 0 Å². The van der Waals surface area contributed by atoms with E-state index >= 15 is 0 Å². The molecule has 0 aliphatic carbocycles. The number of rotatable bonds is 5. The number of fused-ring (bicyclic) bond motifs is 1. The monoisotopic (exact) mass is 262 g/mol. The SMILES string of the molecule is CC(C)C(N)CCN(C)C1COCc2ccccc21. The number of likely N-dealkylation sites (N-methyl/N-ethyl adjacent to an activating group) is 1. The van der Waals surface area contributed by atoms with Gasteiger partial charge in [0.15, 0.2) is 0 Å². The van der Waals surface area contributed by atoms with Gasteiger partial charge in [0.2, 0.25) is 0 Å². The summed E-state index contributed by atoms with van der Waals surface area (Å²) in [6.07, 6.45) is 1.03. The van der Waals surface area contributed by atoms with Crippen molar-refractivity contribution in [3.05, 3.63) is 35.4 Å². The van der Waals surface area contributed by atoms with E-state index in [-0.39, 0.29) is 6.04 Å². The molecular formula is C16H26N2O. The third-order valence-corrected chi connectivity index (χ3v) is 4.15. The zero-order valence-electron chi connectivity index (χ0n) is 12.3. The van der Waals surface area contributed by atoms with Gasteiger partial charge in [-0.25, -0.2) is 0 Å². The molecule has 0 saturated carbocycles. The molecule has 1 aliphatic heterocycles. The minimum absolute atomic E-state index is 0.280. The summed E-state index contributed by atoms with van der Waals surface area (Å²) in [5.74, 6) is 0.545. The van der Waals surface area contributed by atoms with Gasteiger partial charge >= 0.3 is 0 Å². The first-order chi connectivity index (χ1) is 9.09. The minimum Gasteiger partial charge on any atom is -0.375 e. The van der Waals surface area contributed by atoms with Crippen molar-refractivity contribution in [3.8, 4) is 0 Å². The maximum absolute atomic E-state index is 6.13. The first-order valence-corrected chi connectivity index (χ1v) is 7.21. The van der Waals surface area contributed by atoms with E-state index in [1.54, 1.807) is 0 Å². The third-order valence-electron chi connectivity index (χ3n) is 4.15. The van der Waals surface area contributed by atoms with E-state index < -0.39 is 0 Å². The molecule has 1 heterocycles. The van der Waals surface area contributed by atoms with Crippen LogP contribution in [-0.4, -0.2) is 31.1 Å². The molecule has 2 atom stereocenters. The molecule has 2 rings (SSSR count). The maximum Gasteiger partial charge on any atom is 0.0721 e. The molecule has 3 nitrogen and oxygen atoms in total. The average molecular weight is 262 g/mol. The van der Waals surface area contributed by atoms with Gasteiger partial charge in [-0.1, -0.05) is 38.1 Å². The second-order valence-corrected chi connectivity index (χ2v) is 5.91. The number of hydrogen-bond acceptors (Lipinski definition) is 3. The van der Waals surface area contributed by atoms with E-state index in [0.717, 1.165) is 26.2 Å². The quantitative estimate of drug-likeness (QED) is 0.886. The van der Waals surface area contributed by atoms with Crippen LogP contribution < -0.4 is 5.73 Å². The summed E-state index contributed by atoms with van der Waals surface area (Å²) in [7, 11) is 2.17. The van der Waals surface area contributed by atoms with Gasteiger partial charge in [-0.3, -0.25) is 4.90 Å². The Labute approximate surface area is 116 Å². The van der Waals surface area contributed by atoms with Crippen LogP contribution in [-0.2, 0) is 11.3 Å². The second-order valence-electron chi connectivity index (χ2n) is 5.91. The Morgan fingerprint density at radius 2 is 2.11 bits per heavy atom. The predicted molar refractivity (Wildman–Crippen MR) is 78.9 cm³/mol. The number of nitrogens with zero attached hydrogens (tertiary/aromatic N) is 1. The zero-order valence-corrected chi connectivity index (χ0v) is 12.3. The van der Waals surface area contributed by atoms with Gasteiger partial charge in [0.1, 0.15) is 0 Å². The first kappa shape index (κ1) is 14.5. The van der Waals surface area contributed by atoms with Crippen molar-refractivity contribution in [3.63, 3.8) is 0 Å². The first-order valence-electron chi connectivity index (χ1n) is 7.21. The Morgan fingerprint density at radius 1 is 1.37 bits per heavy atom. The van der Waals surface area contributed by atoms with Crippen LogP contribution in [0.5, 0.6) is 0 Å². The summed E-state index contributed by atoms with van der Waals surface area (Å²) in [5.41, 5.74) is 8.86. The molecule has 0 fully saturated rings. The molecule has 0 aromatic heterocycles. The van der Waals surface area contributed by atoms with E-state index in [9.17, 15) is 0 Å². The molecule has 0 saturated heterocycles. The van der Waals surface area contributed by atoms with Crippen molar-refractivity contribution in [2.75, 3.05) is 20.2 Å².